The predicted molar refractivity (Wildman–Crippen MR) is 143 cm³/mol. The number of carbonyl (C=O) groups is 1. The Balaban J connectivity index is 1.42. The van der Waals surface area contributed by atoms with Crippen molar-refractivity contribution in [1.29, 1.82) is 0 Å². The fraction of sp³-hybridized carbons (Fsp3) is 0.407. The van der Waals surface area contributed by atoms with Gasteiger partial charge in [-0.15, -0.1) is 0 Å². The minimum absolute atomic E-state index is 0.144. The molecule has 1 saturated carbocycles. The second-order valence-corrected chi connectivity index (χ2v) is 10.4. The van der Waals surface area contributed by atoms with Crippen LogP contribution >= 0.6 is 11.8 Å². The molecule has 2 unspecified atom stereocenters. The van der Waals surface area contributed by atoms with Crippen molar-refractivity contribution in [1.82, 2.24) is 9.55 Å². The van der Waals surface area contributed by atoms with Crippen LogP contribution in [0.2, 0.25) is 0 Å². The number of amides is 1. The van der Waals surface area contributed by atoms with E-state index in [-0.39, 0.29) is 5.91 Å². The maximum absolute atomic E-state index is 11.9. The molecule has 1 aliphatic carbocycles. The van der Waals surface area contributed by atoms with E-state index >= 15 is 0 Å². The van der Waals surface area contributed by atoms with Crippen LogP contribution in [-0.4, -0.2) is 44.7 Å². The molecular weight excluding hydrogens is 458 g/mol. The van der Waals surface area contributed by atoms with Gasteiger partial charge in [0.05, 0.1) is 23.3 Å². The van der Waals surface area contributed by atoms with Crippen molar-refractivity contribution in [2.75, 3.05) is 18.5 Å². The van der Waals surface area contributed by atoms with Gasteiger partial charge < -0.3 is 4.84 Å². The maximum Gasteiger partial charge on any atom is 0.223 e. The standard InChI is InChI=1S/C27H31N5O2S/c1-3-34-31-23-11-7-10-21(23)14-20-12-13-24-25(16-20)32(26(30-24)29-18(2)33)27-28-17-22(35-27)15-19-8-5-4-6-9-19/h4-6,8-9,12-13,16,21-22H,3,7,10-11,14-15,17H2,1-2H3,(H,29,30,33). The summed E-state index contributed by atoms with van der Waals surface area (Å²) in [4.78, 5) is 26.9. The lowest BCUT2D eigenvalue weighted by Gasteiger charge is -2.13. The number of rotatable bonds is 7. The van der Waals surface area contributed by atoms with Crippen LogP contribution in [0.5, 0.6) is 0 Å². The van der Waals surface area contributed by atoms with Crippen LogP contribution in [0, 0.1) is 5.92 Å². The van der Waals surface area contributed by atoms with E-state index in [2.05, 4.69) is 46.9 Å². The monoisotopic (exact) mass is 489 g/mol. The number of hydrogen-bond donors (Lipinski definition) is 1. The quantitative estimate of drug-likeness (QED) is 0.457. The number of carbonyl (C=O) groups excluding carboxylic acids is 1. The Morgan fingerprint density at radius 1 is 1.20 bits per heavy atom. The highest BCUT2D eigenvalue weighted by Crippen LogP contribution is 2.32. The normalized spacial score (nSPS) is 21.0. The molecule has 2 aromatic carbocycles. The molecule has 0 radical (unpaired) electrons. The zero-order valence-electron chi connectivity index (χ0n) is 20.2. The Hall–Kier alpha value is -3.13. The third-order valence-corrected chi connectivity index (χ3v) is 7.63. The highest BCUT2D eigenvalue weighted by atomic mass is 32.2. The van der Waals surface area contributed by atoms with Gasteiger partial charge in [0.2, 0.25) is 11.9 Å². The lowest BCUT2D eigenvalue weighted by atomic mass is 9.96. The molecule has 1 fully saturated rings. The summed E-state index contributed by atoms with van der Waals surface area (Å²) in [6.07, 6.45) is 5.16. The van der Waals surface area contributed by atoms with Crippen molar-refractivity contribution >= 4 is 45.5 Å². The van der Waals surface area contributed by atoms with Gasteiger partial charge in [-0.3, -0.25) is 19.7 Å². The van der Waals surface area contributed by atoms with Crippen LogP contribution in [0.3, 0.4) is 0 Å². The number of imidazole rings is 1. The number of anilines is 1. The van der Waals surface area contributed by atoms with Gasteiger partial charge in [-0.05, 0) is 62.3 Å². The molecule has 7 nitrogen and oxygen atoms in total. The smallest absolute Gasteiger partial charge is 0.223 e. The lowest BCUT2D eigenvalue weighted by molar-refractivity contribution is -0.114. The number of nitrogens with zero attached hydrogens (tertiary/aromatic N) is 4. The van der Waals surface area contributed by atoms with E-state index in [0.717, 1.165) is 54.8 Å². The molecule has 35 heavy (non-hydrogen) atoms. The Morgan fingerprint density at radius 2 is 2.06 bits per heavy atom. The molecular formula is C27H31N5O2S. The van der Waals surface area contributed by atoms with Crippen LogP contribution < -0.4 is 5.32 Å². The molecule has 1 N–H and O–H groups in total. The van der Waals surface area contributed by atoms with Crippen molar-refractivity contribution in [3.63, 3.8) is 0 Å². The summed E-state index contributed by atoms with van der Waals surface area (Å²) in [7, 11) is 0. The van der Waals surface area contributed by atoms with Crippen molar-refractivity contribution < 1.29 is 9.63 Å². The second-order valence-electron chi connectivity index (χ2n) is 9.12. The Morgan fingerprint density at radius 3 is 2.86 bits per heavy atom. The maximum atomic E-state index is 11.9. The van der Waals surface area contributed by atoms with Gasteiger partial charge in [0.15, 0.2) is 5.17 Å². The second kappa shape index (κ2) is 10.6. The molecule has 182 valence electrons. The topological polar surface area (TPSA) is 80.9 Å². The summed E-state index contributed by atoms with van der Waals surface area (Å²) >= 11 is 1.75. The number of oxime groups is 1. The van der Waals surface area contributed by atoms with Gasteiger partial charge in [0, 0.05) is 18.1 Å². The molecule has 8 heteroatoms. The van der Waals surface area contributed by atoms with Crippen LogP contribution in [0.4, 0.5) is 5.95 Å². The van der Waals surface area contributed by atoms with Crippen molar-refractivity contribution in [2.45, 2.75) is 51.2 Å². The number of hydrogen-bond acceptors (Lipinski definition) is 6. The zero-order chi connectivity index (χ0) is 24.2. The zero-order valence-corrected chi connectivity index (χ0v) is 21.1. The van der Waals surface area contributed by atoms with E-state index in [1.54, 1.807) is 11.8 Å². The third-order valence-electron chi connectivity index (χ3n) is 6.46. The summed E-state index contributed by atoms with van der Waals surface area (Å²) in [6, 6.07) is 16.9. The summed E-state index contributed by atoms with van der Waals surface area (Å²) < 4.78 is 2.01. The summed E-state index contributed by atoms with van der Waals surface area (Å²) in [5.74, 6) is 0.781. The summed E-state index contributed by atoms with van der Waals surface area (Å²) in [5, 5.41) is 8.52. The molecule has 1 aromatic heterocycles. The molecule has 2 aliphatic rings. The molecule has 1 amide bonds. The van der Waals surface area contributed by atoms with Crippen molar-refractivity contribution in [2.24, 2.45) is 16.1 Å². The van der Waals surface area contributed by atoms with E-state index in [9.17, 15) is 4.79 Å². The van der Waals surface area contributed by atoms with Crippen molar-refractivity contribution in [3.8, 4) is 0 Å². The number of aromatic nitrogens is 2. The Labute approximate surface area is 210 Å². The fourth-order valence-electron chi connectivity index (χ4n) is 4.87. The predicted octanol–water partition coefficient (Wildman–Crippen LogP) is 5.29. The Bertz CT molecular complexity index is 1270. The summed E-state index contributed by atoms with van der Waals surface area (Å²) in [5.41, 5.74) is 5.52. The van der Waals surface area contributed by atoms with E-state index in [4.69, 9.17) is 14.8 Å². The van der Waals surface area contributed by atoms with Crippen LogP contribution in [0.15, 0.2) is 58.7 Å². The molecule has 0 spiro atoms. The number of thioether (sulfide) groups is 1. The number of nitrogens with one attached hydrogen (secondary N) is 1. The number of benzene rings is 2. The van der Waals surface area contributed by atoms with Crippen LogP contribution in [0.1, 0.15) is 44.2 Å². The molecule has 1 aliphatic heterocycles. The van der Waals surface area contributed by atoms with Crippen LogP contribution in [-0.2, 0) is 22.5 Å². The van der Waals surface area contributed by atoms with Gasteiger partial charge in [0.1, 0.15) is 6.61 Å². The van der Waals surface area contributed by atoms with Gasteiger partial charge in [-0.25, -0.2) is 4.98 Å². The van der Waals surface area contributed by atoms with Crippen molar-refractivity contribution in [3.05, 3.63) is 59.7 Å². The van der Waals surface area contributed by atoms with E-state index in [1.165, 1.54) is 23.8 Å². The Kier molecular flexibility index (Phi) is 7.18. The SMILES string of the molecule is CCON=C1CCCC1Cc1ccc2nc(NC(C)=O)n(C3=NCC(Cc4ccccc4)S3)c2c1. The van der Waals surface area contributed by atoms with E-state index in [1.807, 2.05) is 23.6 Å². The van der Waals surface area contributed by atoms with Crippen LogP contribution in [0.25, 0.3) is 11.0 Å². The molecule has 2 atom stereocenters. The van der Waals surface area contributed by atoms with E-state index in [0.29, 0.717) is 23.7 Å². The first-order valence-corrected chi connectivity index (χ1v) is 13.2. The first-order chi connectivity index (χ1) is 17.1. The minimum Gasteiger partial charge on any atom is -0.396 e. The average Bonchev–Trinajstić information content (AvgIpc) is 3.56. The highest BCUT2D eigenvalue weighted by Gasteiger charge is 2.27. The third kappa shape index (κ3) is 5.42. The minimum atomic E-state index is -0.144. The number of fused-ring (bicyclic) bond motifs is 1. The van der Waals surface area contributed by atoms with Gasteiger partial charge >= 0.3 is 0 Å². The van der Waals surface area contributed by atoms with Gasteiger partial charge in [-0.2, -0.15) is 0 Å². The highest BCUT2D eigenvalue weighted by molar-refractivity contribution is 8.14. The molecule has 0 bridgehead atoms. The lowest BCUT2D eigenvalue weighted by Crippen LogP contribution is -2.16. The molecule has 3 aromatic rings. The molecule has 5 rings (SSSR count). The largest absolute Gasteiger partial charge is 0.396 e. The van der Waals surface area contributed by atoms with Gasteiger partial charge in [-0.1, -0.05) is 53.3 Å². The van der Waals surface area contributed by atoms with E-state index < -0.39 is 0 Å². The van der Waals surface area contributed by atoms with Gasteiger partial charge in [0.25, 0.3) is 0 Å². The number of aliphatic imine (C=N–C) groups is 1. The molecule has 2 heterocycles. The molecule has 0 saturated heterocycles. The summed E-state index contributed by atoms with van der Waals surface area (Å²) in [6.45, 7) is 4.81. The first kappa shape index (κ1) is 23.6. The first-order valence-electron chi connectivity index (χ1n) is 12.3. The average molecular weight is 490 g/mol. The fourth-order valence-corrected chi connectivity index (χ4v) is 6.03.